The number of ether oxygens (including phenoxy) is 1. The smallest absolute Gasteiger partial charge is 0.261 e. The third-order valence-electron chi connectivity index (χ3n) is 4.14. The van der Waals surface area contributed by atoms with Gasteiger partial charge in [-0.3, -0.25) is 4.79 Å². The van der Waals surface area contributed by atoms with Gasteiger partial charge in [-0.25, -0.2) is 4.98 Å². The number of imidazole rings is 1. The Morgan fingerprint density at radius 1 is 1.50 bits per heavy atom. The molecule has 124 valence electrons. The van der Waals surface area contributed by atoms with Gasteiger partial charge < -0.3 is 14.6 Å². The van der Waals surface area contributed by atoms with Crippen molar-refractivity contribution in [2.45, 2.75) is 45.4 Å². The van der Waals surface area contributed by atoms with Crippen LogP contribution < -0.4 is 10.1 Å². The molecule has 0 fully saturated rings. The lowest BCUT2D eigenvalue weighted by molar-refractivity contribution is -0.128. The second-order valence-electron chi connectivity index (χ2n) is 6.06. The molecule has 2 atom stereocenters. The maximum absolute atomic E-state index is 12.4. The van der Waals surface area contributed by atoms with Crippen molar-refractivity contribution in [1.29, 1.82) is 5.26 Å². The molecule has 1 aromatic carbocycles. The molecule has 24 heavy (non-hydrogen) atoms. The maximum Gasteiger partial charge on any atom is 0.261 e. The molecule has 1 amide bonds. The minimum Gasteiger partial charge on any atom is -0.480 e. The molecule has 0 unspecified atom stereocenters. The molecule has 1 aliphatic rings. The lowest BCUT2D eigenvalue weighted by Crippen LogP contribution is -2.46. The van der Waals surface area contributed by atoms with E-state index in [1.807, 2.05) is 13.1 Å². The number of carbonyl (C=O) groups is 1. The minimum atomic E-state index is -0.662. The zero-order chi connectivity index (χ0) is 17.1. The number of carbonyl (C=O) groups excluding carboxylic acids is 1. The molecule has 6 nitrogen and oxygen atoms in total. The predicted molar refractivity (Wildman–Crippen MR) is 88.5 cm³/mol. The summed E-state index contributed by atoms with van der Waals surface area (Å²) < 4.78 is 7.76. The highest BCUT2D eigenvalue weighted by molar-refractivity contribution is 5.81. The third-order valence-corrected chi connectivity index (χ3v) is 4.14. The van der Waals surface area contributed by atoms with Crippen LogP contribution in [0.3, 0.4) is 0 Å². The molecule has 2 heterocycles. The molecular weight excluding hydrogens is 304 g/mol. The van der Waals surface area contributed by atoms with E-state index < -0.39 is 6.10 Å². The zero-order valence-corrected chi connectivity index (χ0v) is 13.8. The average molecular weight is 324 g/mol. The van der Waals surface area contributed by atoms with Gasteiger partial charge in [0.25, 0.3) is 5.91 Å². The van der Waals surface area contributed by atoms with Crippen LogP contribution in [0.5, 0.6) is 5.75 Å². The molecule has 0 saturated carbocycles. The molecule has 1 N–H and O–H groups in total. The predicted octanol–water partition coefficient (Wildman–Crippen LogP) is 1.96. The topological polar surface area (TPSA) is 79.9 Å². The summed E-state index contributed by atoms with van der Waals surface area (Å²) in [4.78, 5) is 16.9. The lowest BCUT2D eigenvalue weighted by Gasteiger charge is -2.26. The number of hydrogen-bond acceptors (Lipinski definition) is 4. The maximum atomic E-state index is 12.4. The van der Waals surface area contributed by atoms with Crippen LogP contribution in [-0.4, -0.2) is 27.6 Å². The monoisotopic (exact) mass is 324 g/mol. The number of nitrogens with one attached hydrogen (secondary N) is 1. The van der Waals surface area contributed by atoms with Crippen LogP contribution in [0.1, 0.15) is 30.4 Å². The zero-order valence-electron chi connectivity index (χ0n) is 13.8. The van der Waals surface area contributed by atoms with Gasteiger partial charge in [0, 0.05) is 25.2 Å². The Morgan fingerprint density at radius 2 is 2.29 bits per heavy atom. The molecule has 1 aromatic heterocycles. The molecule has 6 heteroatoms. The van der Waals surface area contributed by atoms with Gasteiger partial charge in [0.05, 0.1) is 11.3 Å². The van der Waals surface area contributed by atoms with Crippen molar-refractivity contribution in [2.75, 3.05) is 0 Å². The van der Waals surface area contributed by atoms with Gasteiger partial charge in [-0.05, 0) is 32.4 Å². The highest BCUT2D eigenvalue weighted by Crippen LogP contribution is 2.19. The quantitative estimate of drug-likeness (QED) is 0.932. The van der Waals surface area contributed by atoms with Crippen molar-refractivity contribution < 1.29 is 9.53 Å². The largest absolute Gasteiger partial charge is 0.480 e. The molecule has 3 rings (SSSR count). The Labute approximate surface area is 141 Å². The number of amides is 1. The van der Waals surface area contributed by atoms with Gasteiger partial charge in [0.1, 0.15) is 17.6 Å². The fourth-order valence-electron chi connectivity index (χ4n) is 2.93. The van der Waals surface area contributed by atoms with Crippen LogP contribution in [0.4, 0.5) is 0 Å². The van der Waals surface area contributed by atoms with E-state index in [9.17, 15) is 4.79 Å². The van der Waals surface area contributed by atoms with E-state index in [2.05, 4.69) is 20.9 Å². The SMILES string of the molecule is Cc1cn2c(n1)CC[C@H](NC(=O)[C@H](C)Oc1ccccc1C#N)C2. The highest BCUT2D eigenvalue weighted by atomic mass is 16.5. The number of nitrogens with zero attached hydrogens (tertiary/aromatic N) is 3. The second-order valence-corrected chi connectivity index (χ2v) is 6.06. The van der Waals surface area contributed by atoms with Crippen LogP contribution in [0.15, 0.2) is 30.5 Å². The van der Waals surface area contributed by atoms with Crippen molar-refractivity contribution in [3.8, 4) is 11.8 Å². The van der Waals surface area contributed by atoms with Gasteiger partial charge in [0.15, 0.2) is 6.10 Å². The molecular formula is C18H20N4O2. The molecule has 0 aliphatic carbocycles. The Balaban J connectivity index is 1.60. The van der Waals surface area contributed by atoms with E-state index in [1.54, 1.807) is 31.2 Å². The fourth-order valence-corrected chi connectivity index (χ4v) is 2.93. The van der Waals surface area contributed by atoms with Gasteiger partial charge in [0.2, 0.25) is 0 Å². The fraction of sp³-hybridized carbons (Fsp3) is 0.389. The van der Waals surface area contributed by atoms with Crippen molar-refractivity contribution >= 4 is 5.91 Å². The Morgan fingerprint density at radius 3 is 3.08 bits per heavy atom. The number of nitriles is 1. The summed E-state index contributed by atoms with van der Waals surface area (Å²) in [5.41, 5.74) is 1.43. The number of para-hydroxylation sites is 1. The van der Waals surface area contributed by atoms with Crippen LogP contribution in [-0.2, 0) is 17.8 Å². The summed E-state index contributed by atoms with van der Waals surface area (Å²) in [7, 11) is 0. The van der Waals surface area contributed by atoms with Crippen LogP contribution >= 0.6 is 0 Å². The summed E-state index contributed by atoms with van der Waals surface area (Å²) in [6.45, 7) is 4.39. The van der Waals surface area contributed by atoms with E-state index in [-0.39, 0.29) is 11.9 Å². The highest BCUT2D eigenvalue weighted by Gasteiger charge is 2.24. The second kappa shape index (κ2) is 6.75. The van der Waals surface area contributed by atoms with Crippen molar-refractivity contribution in [3.63, 3.8) is 0 Å². The first-order valence-corrected chi connectivity index (χ1v) is 8.05. The number of aryl methyl sites for hydroxylation is 2. The third kappa shape index (κ3) is 3.40. The summed E-state index contributed by atoms with van der Waals surface area (Å²) in [5, 5.41) is 12.1. The van der Waals surface area contributed by atoms with E-state index in [0.717, 1.165) is 30.9 Å². The number of rotatable bonds is 4. The number of aromatic nitrogens is 2. The molecule has 2 aromatic rings. The summed E-state index contributed by atoms with van der Waals surface area (Å²) >= 11 is 0. The summed E-state index contributed by atoms with van der Waals surface area (Å²) in [6, 6.07) is 9.05. The molecule has 0 bridgehead atoms. The first-order chi connectivity index (χ1) is 11.6. The normalized spacial score (nSPS) is 17.5. The van der Waals surface area contributed by atoms with Crippen LogP contribution in [0, 0.1) is 18.3 Å². The standard InChI is InChI=1S/C18H20N4O2/c1-12-10-22-11-15(7-8-17(22)20-12)21-18(23)13(2)24-16-6-4-3-5-14(16)9-19/h3-6,10,13,15H,7-8,11H2,1-2H3,(H,21,23)/t13-,15-/m0/s1. The van der Waals surface area contributed by atoms with Crippen molar-refractivity contribution in [3.05, 3.63) is 47.5 Å². The minimum absolute atomic E-state index is 0.0656. The first-order valence-electron chi connectivity index (χ1n) is 8.05. The lowest BCUT2D eigenvalue weighted by atomic mass is 10.1. The Hall–Kier alpha value is -2.81. The van der Waals surface area contributed by atoms with Gasteiger partial charge in [-0.1, -0.05) is 12.1 Å². The molecule has 0 spiro atoms. The summed E-state index contributed by atoms with van der Waals surface area (Å²) in [6.07, 6.45) is 3.07. The number of fused-ring (bicyclic) bond motifs is 1. The molecule has 1 aliphatic heterocycles. The average Bonchev–Trinajstić information content (AvgIpc) is 2.94. The van der Waals surface area contributed by atoms with E-state index in [4.69, 9.17) is 10.00 Å². The number of hydrogen-bond donors (Lipinski definition) is 1. The van der Waals surface area contributed by atoms with Crippen molar-refractivity contribution in [2.24, 2.45) is 0 Å². The summed E-state index contributed by atoms with van der Waals surface area (Å²) in [5.74, 6) is 1.33. The number of benzene rings is 1. The van der Waals surface area contributed by atoms with Crippen molar-refractivity contribution in [1.82, 2.24) is 14.9 Å². The van der Waals surface area contributed by atoms with E-state index >= 15 is 0 Å². The molecule has 0 radical (unpaired) electrons. The molecule has 0 saturated heterocycles. The van der Waals surface area contributed by atoms with Crippen LogP contribution in [0.2, 0.25) is 0 Å². The Bertz CT molecular complexity index is 791. The van der Waals surface area contributed by atoms with E-state index in [0.29, 0.717) is 11.3 Å². The first kappa shape index (κ1) is 16.1. The van der Waals surface area contributed by atoms with Gasteiger partial charge in [-0.15, -0.1) is 0 Å². The van der Waals surface area contributed by atoms with Crippen LogP contribution in [0.25, 0.3) is 0 Å². The van der Waals surface area contributed by atoms with Gasteiger partial charge in [-0.2, -0.15) is 5.26 Å². The Kier molecular flexibility index (Phi) is 4.52. The van der Waals surface area contributed by atoms with Gasteiger partial charge >= 0.3 is 0 Å². The van der Waals surface area contributed by atoms with E-state index in [1.165, 1.54) is 0 Å².